The molecule has 0 saturated carbocycles. The van der Waals surface area contributed by atoms with Gasteiger partial charge >= 0.3 is 5.69 Å². The lowest BCUT2D eigenvalue weighted by molar-refractivity contribution is 0.551. The molecule has 5 rings (SSSR count). The van der Waals surface area contributed by atoms with E-state index in [4.69, 9.17) is 4.98 Å². The second-order valence-corrected chi connectivity index (χ2v) is 7.47. The second kappa shape index (κ2) is 6.49. The van der Waals surface area contributed by atoms with Crippen molar-refractivity contribution in [3.63, 3.8) is 0 Å². The van der Waals surface area contributed by atoms with Crippen LogP contribution in [-0.2, 0) is 14.1 Å². The number of nitrogens with one attached hydrogen (secondary N) is 1. The number of hydrogen-bond donors (Lipinski definition) is 1. The average molecular weight is 373 g/mol. The van der Waals surface area contributed by atoms with Gasteiger partial charge in [0.15, 0.2) is 0 Å². The second-order valence-electron chi connectivity index (χ2n) is 7.47. The summed E-state index contributed by atoms with van der Waals surface area (Å²) in [5, 5.41) is 3.45. The Kier molecular flexibility index (Phi) is 3.94. The Morgan fingerprint density at radius 2 is 1.79 bits per heavy atom. The molecular weight excluding hydrogens is 350 g/mol. The van der Waals surface area contributed by atoms with Crippen molar-refractivity contribution in [2.24, 2.45) is 14.1 Å². The molecule has 142 valence electrons. The maximum atomic E-state index is 12.4. The van der Waals surface area contributed by atoms with Crippen molar-refractivity contribution >= 4 is 11.0 Å². The molecule has 3 heterocycles. The molecular formula is C22H23N5O. The minimum absolute atomic E-state index is 0.0102. The fraction of sp³-hybridized carbons (Fsp3) is 0.273. The fourth-order valence-corrected chi connectivity index (χ4v) is 4.26. The van der Waals surface area contributed by atoms with Crippen molar-refractivity contribution in [3.8, 4) is 22.5 Å². The predicted molar refractivity (Wildman–Crippen MR) is 111 cm³/mol. The van der Waals surface area contributed by atoms with Gasteiger partial charge in [0, 0.05) is 37.8 Å². The number of hydrogen-bond acceptors (Lipinski definition) is 3. The quantitative estimate of drug-likeness (QED) is 0.601. The number of benzene rings is 2. The molecule has 1 aliphatic heterocycles. The third-order valence-electron chi connectivity index (χ3n) is 5.81. The van der Waals surface area contributed by atoms with E-state index in [1.165, 1.54) is 0 Å². The summed E-state index contributed by atoms with van der Waals surface area (Å²) in [6.07, 6.45) is 3.05. The topological polar surface area (TPSA) is 56.8 Å². The predicted octanol–water partition coefficient (Wildman–Crippen LogP) is 2.94. The van der Waals surface area contributed by atoms with E-state index in [0.717, 1.165) is 53.1 Å². The van der Waals surface area contributed by atoms with Crippen LogP contribution in [-0.4, -0.2) is 31.8 Å². The zero-order chi connectivity index (χ0) is 19.3. The van der Waals surface area contributed by atoms with Gasteiger partial charge < -0.3 is 9.88 Å². The number of nitrogens with zero attached hydrogens (tertiary/aromatic N) is 4. The lowest BCUT2D eigenvalue weighted by Gasteiger charge is -2.16. The van der Waals surface area contributed by atoms with E-state index in [9.17, 15) is 4.79 Å². The van der Waals surface area contributed by atoms with E-state index in [1.54, 1.807) is 9.13 Å². The Balaban J connectivity index is 1.76. The molecule has 1 N–H and O–H groups in total. The summed E-state index contributed by atoms with van der Waals surface area (Å²) < 4.78 is 5.69. The highest BCUT2D eigenvalue weighted by Crippen LogP contribution is 2.35. The number of fused-ring (bicyclic) bond motifs is 1. The Bertz CT molecular complexity index is 1210. The van der Waals surface area contributed by atoms with Gasteiger partial charge in [0.25, 0.3) is 0 Å². The van der Waals surface area contributed by atoms with Crippen LogP contribution in [0.3, 0.4) is 0 Å². The number of aromatic nitrogens is 4. The average Bonchev–Trinajstić information content (AvgIpc) is 3.45. The summed E-state index contributed by atoms with van der Waals surface area (Å²) in [5.74, 6) is 0. The summed E-state index contributed by atoms with van der Waals surface area (Å²) in [6.45, 7) is 1.97. The minimum Gasteiger partial charge on any atom is -0.326 e. The third-order valence-corrected chi connectivity index (χ3v) is 5.81. The minimum atomic E-state index is -0.0102. The van der Waals surface area contributed by atoms with Crippen molar-refractivity contribution in [2.75, 3.05) is 13.1 Å². The first kappa shape index (κ1) is 17.0. The van der Waals surface area contributed by atoms with Gasteiger partial charge in [0.05, 0.1) is 28.7 Å². The lowest BCUT2D eigenvalue weighted by atomic mass is 10.0. The molecule has 0 amide bonds. The normalized spacial score (nSPS) is 16.9. The molecule has 4 aromatic rings. The Labute approximate surface area is 163 Å². The molecule has 1 aliphatic rings. The van der Waals surface area contributed by atoms with Crippen molar-refractivity contribution in [1.82, 2.24) is 24.0 Å². The number of aryl methyl sites for hydroxylation is 2. The molecule has 6 heteroatoms. The van der Waals surface area contributed by atoms with Crippen LogP contribution in [0.5, 0.6) is 0 Å². The molecule has 0 aliphatic carbocycles. The van der Waals surface area contributed by atoms with Gasteiger partial charge in [-0.1, -0.05) is 36.4 Å². The standard InChI is InChI=1S/C22H23N5O/c1-25-18-9-8-16(12-19(18)26(2)22(25)28)21-20(15-6-4-3-5-7-15)24-14-27(21)17-10-11-23-13-17/h3-9,12,14,17,23H,10-11,13H2,1-2H3. The smallest absolute Gasteiger partial charge is 0.326 e. The number of rotatable bonds is 3. The molecule has 1 saturated heterocycles. The third kappa shape index (κ3) is 2.52. The summed E-state index contributed by atoms with van der Waals surface area (Å²) >= 11 is 0. The first-order valence-corrected chi connectivity index (χ1v) is 9.64. The van der Waals surface area contributed by atoms with Crippen molar-refractivity contribution < 1.29 is 0 Å². The van der Waals surface area contributed by atoms with Gasteiger partial charge in [-0.3, -0.25) is 9.13 Å². The Morgan fingerprint density at radius 1 is 1.00 bits per heavy atom. The fourth-order valence-electron chi connectivity index (χ4n) is 4.26. The van der Waals surface area contributed by atoms with Crippen LogP contribution in [0.2, 0.25) is 0 Å². The molecule has 0 radical (unpaired) electrons. The zero-order valence-electron chi connectivity index (χ0n) is 16.1. The SMILES string of the molecule is Cn1c(=O)n(C)c2cc(-c3c(-c4ccccc4)ncn3C3CCNC3)ccc21. The molecule has 2 aromatic carbocycles. The molecule has 28 heavy (non-hydrogen) atoms. The molecule has 0 bridgehead atoms. The van der Waals surface area contributed by atoms with E-state index < -0.39 is 0 Å². The summed E-state index contributed by atoms with van der Waals surface area (Å²) in [5.41, 5.74) is 6.13. The van der Waals surface area contributed by atoms with Gasteiger partial charge in [0.2, 0.25) is 0 Å². The largest absolute Gasteiger partial charge is 0.328 e. The molecule has 2 aromatic heterocycles. The van der Waals surface area contributed by atoms with E-state index in [2.05, 4.69) is 34.1 Å². The molecule has 1 atom stereocenters. The molecule has 6 nitrogen and oxygen atoms in total. The Morgan fingerprint density at radius 3 is 2.54 bits per heavy atom. The van der Waals surface area contributed by atoms with Gasteiger partial charge in [-0.2, -0.15) is 0 Å². The summed E-state index contributed by atoms with van der Waals surface area (Å²) in [7, 11) is 3.64. The van der Waals surface area contributed by atoms with Gasteiger partial charge in [0.1, 0.15) is 0 Å². The summed E-state index contributed by atoms with van der Waals surface area (Å²) in [6, 6.07) is 16.9. The van der Waals surface area contributed by atoms with Crippen LogP contribution in [0, 0.1) is 0 Å². The van der Waals surface area contributed by atoms with E-state index in [-0.39, 0.29) is 5.69 Å². The van der Waals surface area contributed by atoms with Crippen LogP contribution in [0.15, 0.2) is 59.7 Å². The van der Waals surface area contributed by atoms with Gasteiger partial charge in [-0.15, -0.1) is 0 Å². The van der Waals surface area contributed by atoms with E-state index >= 15 is 0 Å². The van der Waals surface area contributed by atoms with Crippen LogP contribution < -0.4 is 11.0 Å². The zero-order valence-corrected chi connectivity index (χ0v) is 16.1. The van der Waals surface area contributed by atoms with Crippen molar-refractivity contribution in [3.05, 3.63) is 65.3 Å². The first-order valence-electron chi connectivity index (χ1n) is 9.64. The first-order chi connectivity index (χ1) is 13.6. The van der Waals surface area contributed by atoms with Crippen LogP contribution in [0.4, 0.5) is 0 Å². The monoisotopic (exact) mass is 373 g/mol. The highest BCUT2D eigenvalue weighted by atomic mass is 16.1. The highest BCUT2D eigenvalue weighted by Gasteiger charge is 2.23. The maximum Gasteiger partial charge on any atom is 0.328 e. The molecule has 0 spiro atoms. The van der Waals surface area contributed by atoms with Crippen molar-refractivity contribution in [2.45, 2.75) is 12.5 Å². The van der Waals surface area contributed by atoms with Crippen LogP contribution >= 0.6 is 0 Å². The number of imidazole rings is 2. The van der Waals surface area contributed by atoms with Gasteiger partial charge in [-0.25, -0.2) is 9.78 Å². The molecule has 1 unspecified atom stereocenters. The van der Waals surface area contributed by atoms with Crippen molar-refractivity contribution in [1.29, 1.82) is 0 Å². The van der Waals surface area contributed by atoms with Crippen LogP contribution in [0.1, 0.15) is 12.5 Å². The lowest BCUT2D eigenvalue weighted by Crippen LogP contribution is -2.19. The van der Waals surface area contributed by atoms with Crippen LogP contribution in [0.25, 0.3) is 33.5 Å². The molecule has 1 fully saturated rings. The Hall–Kier alpha value is -3.12. The van der Waals surface area contributed by atoms with Gasteiger partial charge in [-0.05, 0) is 25.1 Å². The maximum absolute atomic E-state index is 12.4. The summed E-state index contributed by atoms with van der Waals surface area (Å²) in [4.78, 5) is 17.1. The highest BCUT2D eigenvalue weighted by molar-refractivity contribution is 5.86. The van der Waals surface area contributed by atoms with E-state index in [1.807, 2.05) is 44.7 Å². The van der Waals surface area contributed by atoms with E-state index in [0.29, 0.717) is 6.04 Å².